The van der Waals surface area contributed by atoms with E-state index in [4.69, 9.17) is 14.2 Å². The van der Waals surface area contributed by atoms with Crippen LogP contribution in [0.1, 0.15) is 11.1 Å². The summed E-state index contributed by atoms with van der Waals surface area (Å²) in [7, 11) is 4.86. The number of aryl methyl sites for hydroxylation is 2. The highest BCUT2D eigenvalue weighted by molar-refractivity contribution is 5.83. The highest BCUT2D eigenvalue weighted by Gasteiger charge is 2.26. The largest absolute Gasteiger partial charge is 0.508 e. The van der Waals surface area contributed by atoms with Gasteiger partial charge in [-0.3, -0.25) is 0 Å². The predicted molar refractivity (Wildman–Crippen MR) is 80.6 cm³/mol. The van der Waals surface area contributed by atoms with E-state index in [0.717, 1.165) is 29.5 Å². The van der Waals surface area contributed by atoms with Crippen LogP contribution < -0.4 is 14.2 Å². The minimum absolute atomic E-state index is 0.289. The van der Waals surface area contributed by atoms with Gasteiger partial charge in [0.25, 0.3) is 0 Å². The molecule has 0 heterocycles. The van der Waals surface area contributed by atoms with Crippen LogP contribution in [0.3, 0.4) is 0 Å². The average Bonchev–Trinajstić information content (AvgIpc) is 2.52. The van der Waals surface area contributed by atoms with Gasteiger partial charge in [-0.05, 0) is 47.7 Å². The summed E-state index contributed by atoms with van der Waals surface area (Å²) in [6, 6.07) is 7.45. The van der Waals surface area contributed by atoms with Crippen LogP contribution in [-0.2, 0) is 12.8 Å². The molecule has 2 aromatic rings. The van der Waals surface area contributed by atoms with Crippen LogP contribution in [-0.4, -0.2) is 26.4 Å². The van der Waals surface area contributed by atoms with E-state index < -0.39 is 0 Å². The lowest BCUT2D eigenvalue weighted by Crippen LogP contribution is -2.07. The van der Waals surface area contributed by atoms with Crippen molar-refractivity contribution in [2.75, 3.05) is 21.3 Å². The highest BCUT2D eigenvalue weighted by Crippen LogP contribution is 2.49. The maximum absolute atomic E-state index is 9.67. The Morgan fingerprint density at radius 1 is 0.857 bits per heavy atom. The number of aromatic hydroxyl groups is 1. The topological polar surface area (TPSA) is 47.9 Å². The van der Waals surface area contributed by atoms with Crippen LogP contribution in [0.25, 0.3) is 11.1 Å². The Kier molecular flexibility index (Phi) is 3.37. The maximum Gasteiger partial charge on any atom is 0.203 e. The summed E-state index contributed by atoms with van der Waals surface area (Å²) in [6.07, 6.45) is 1.76. The molecular weight excluding hydrogens is 268 g/mol. The van der Waals surface area contributed by atoms with Gasteiger partial charge < -0.3 is 19.3 Å². The lowest BCUT2D eigenvalue weighted by Gasteiger charge is -2.25. The Hall–Kier alpha value is -2.36. The second-order valence-corrected chi connectivity index (χ2v) is 5.02. The molecule has 1 N–H and O–H groups in total. The average molecular weight is 286 g/mol. The fourth-order valence-corrected chi connectivity index (χ4v) is 3.00. The monoisotopic (exact) mass is 286 g/mol. The molecule has 0 fully saturated rings. The number of hydrogen-bond donors (Lipinski definition) is 1. The number of ether oxygens (including phenoxy) is 3. The normalized spacial score (nSPS) is 12.3. The van der Waals surface area contributed by atoms with Crippen LogP contribution in [0.4, 0.5) is 0 Å². The Morgan fingerprint density at radius 2 is 1.57 bits per heavy atom. The molecule has 0 aromatic heterocycles. The van der Waals surface area contributed by atoms with Gasteiger partial charge in [0.2, 0.25) is 5.75 Å². The zero-order chi connectivity index (χ0) is 15.0. The Morgan fingerprint density at radius 3 is 2.24 bits per heavy atom. The molecule has 0 amide bonds. The maximum atomic E-state index is 9.67. The Bertz CT molecular complexity index is 692. The zero-order valence-corrected chi connectivity index (χ0v) is 12.4. The minimum Gasteiger partial charge on any atom is -0.508 e. The first kappa shape index (κ1) is 13.6. The number of hydrogen-bond acceptors (Lipinski definition) is 4. The number of methoxy groups -OCH3 is 3. The highest BCUT2D eigenvalue weighted by atomic mass is 16.5. The van der Waals surface area contributed by atoms with Crippen molar-refractivity contribution < 1.29 is 19.3 Å². The third-order valence-corrected chi connectivity index (χ3v) is 3.93. The van der Waals surface area contributed by atoms with E-state index in [1.807, 2.05) is 18.2 Å². The molecule has 3 rings (SSSR count). The second kappa shape index (κ2) is 5.20. The summed E-state index contributed by atoms with van der Waals surface area (Å²) in [5.41, 5.74) is 4.39. The summed E-state index contributed by atoms with van der Waals surface area (Å²) >= 11 is 0. The van der Waals surface area contributed by atoms with Crippen molar-refractivity contribution in [3.63, 3.8) is 0 Å². The lowest BCUT2D eigenvalue weighted by molar-refractivity contribution is 0.324. The molecule has 0 saturated heterocycles. The summed E-state index contributed by atoms with van der Waals surface area (Å²) in [6.45, 7) is 0. The minimum atomic E-state index is 0.289. The molecule has 110 valence electrons. The Labute approximate surface area is 123 Å². The molecule has 0 bridgehead atoms. The van der Waals surface area contributed by atoms with E-state index in [1.165, 1.54) is 5.56 Å². The van der Waals surface area contributed by atoms with Gasteiger partial charge in [-0.1, -0.05) is 6.07 Å². The molecule has 1 aliphatic carbocycles. The van der Waals surface area contributed by atoms with Gasteiger partial charge >= 0.3 is 0 Å². The molecule has 0 unspecified atom stereocenters. The molecule has 0 saturated carbocycles. The lowest BCUT2D eigenvalue weighted by atomic mass is 9.84. The molecule has 2 aromatic carbocycles. The van der Waals surface area contributed by atoms with E-state index in [9.17, 15) is 5.11 Å². The van der Waals surface area contributed by atoms with Crippen LogP contribution in [0.15, 0.2) is 24.3 Å². The molecule has 0 spiro atoms. The molecule has 0 aliphatic heterocycles. The number of phenols is 1. The first-order valence-electron chi connectivity index (χ1n) is 6.83. The van der Waals surface area contributed by atoms with Gasteiger partial charge in [-0.2, -0.15) is 0 Å². The van der Waals surface area contributed by atoms with Crippen LogP contribution in [0.5, 0.6) is 23.0 Å². The third kappa shape index (κ3) is 2.07. The van der Waals surface area contributed by atoms with E-state index in [0.29, 0.717) is 17.2 Å². The molecule has 4 nitrogen and oxygen atoms in total. The molecule has 0 atom stereocenters. The van der Waals surface area contributed by atoms with Crippen molar-refractivity contribution in [2.24, 2.45) is 0 Å². The molecule has 4 heteroatoms. The summed E-state index contributed by atoms with van der Waals surface area (Å²) in [5, 5.41) is 9.67. The fourth-order valence-electron chi connectivity index (χ4n) is 3.00. The molecular formula is C17H18O4. The van der Waals surface area contributed by atoms with Crippen molar-refractivity contribution in [1.82, 2.24) is 0 Å². The molecule has 21 heavy (non-hydrogen) atoms. The van der Waals surface area contributed by atoms with E-state index in [2.05, 4.69) is 0 Å². The molecule has 0 radical (unpaired) electrons. The van der Waals surface area contributed by atoms with Crippen LogP contribution >= 0.6 is 0 Å². The summed E-state index contributed by atoms with van der Waals surface area (Å²) < 4.78 is 16.5. The van der Waals surface area contributed by atoms with Crippen molar-refractivity contribution in [3.05, 3.63) is 35.4 Å². The molecule has 1 aliphatic rings. The fraction of sp³-hybridized carbons (Fsp3) is 0.294. The summed E-state index contributed by atoms with van der Waals surface area (Å²) in [5.74, 6) is 2.24. The number of fused-ring (bicyclic) bond motifs is 3. The van der Waals surface area contributed by atoms with Crippen molar-refractivity contribution in [3.8, 4) is 34.1 Å². The zero-order valence-electron chi connectivity index (χ0n) is 12.4. The van der Waals surface area contributed by atoms with Crippen LogP contribution in [0.2, 0.25) is 0 Å². The first-order valence-corrected chi connectivity index (χ1v) is 6.83. The van der Waals surface area contributed by atoms with Crippen molar-refractivity contribution >= 4 is 0 Å². The number of benzene rings is 2. The van der Waals surface area contributed by atoms with Gasteiger partial charge in [-0.15, -0.1) is 0 Å². The second-order valence-electron chi connectivity index (χ2n) is 5.02. The van der Waals surface area contributed by atoms with E-state index in [-0.39, 0.29) is 5.75 Å². The van der Waals surface area contributed by atoms with E-state index >= 15 is 0 Å². The first-order chi connectivity index (χ1) is 10.2. The third-order valence-electron chi connectivity index (χ3n) is 3.93. The SMILES string of the molecule is COc1cc2c(c(OC)c1OC)-c1ccc(O)cc1CC2. The van der Waals surface area contributed by atoms with Gasteiger partial charge in [-0.25, -0.2) is 0 Å². The smallest absolute Gasteiger partial charge is 0.203 e. The standard InChI is InChI=1S/C17H18O4/c1-19-14-9-11-5-4-10-8-12(18)6-7-13(10)15(11)17(21-3)16(14)20-2/h6-9,18H,4-5H2,1-3H3. The van der Waals surface area contributed by atoms with E-state index in [1.54, 1.807) is 27.4 Å². The van der Waals surface area contributed by atoms with Gasteiger partial charge in [0.05, 0.1) is 21.3 Å². The van der Waals surface area contributed by atoms with Gasteiger partial charge in [0, 0.05) is 5.56 Å². The van der Waals surface area contributed by atoms with Gasteiger partial charge in [0.1, 0.15) is 5.75 Å². The predicted octanol–water partition coefficient (Wildman–Crippen LogP) is 3.18. The van der Waals surface area contributed by atoms with Gasteiger partial charge in [0.15, 0.2) is 11.5 Å². The van der Waals surface area contributed by atoms with Crippen molar-refractivity contribution in [2.45, 2.75) is 12.8 Å². The quantitative estimate of drug-likeness (QED) is 0.941. The Balaban J connectivity index is 2.31. The summed E-state index contributed by atoms with van der Waals surface area (Å²) in [4.78, 5) is 0. The number of rotatable bonds is 3. The number of phenolic OH excluding ortho intramolecular Hbond substituents is 1. The van der Waals surface area contributed by atoms with Crippen molar-refractivity contribution in [1.29, 1.82) is 0 Å². The van der Waals surface area contributed by atoms with Crippen LogP contribution in [0, 0.1) is 0 Å².